The van der Waals surface area contributed by atoms with Gasteiger partial charge in [0.15, 0.2) is 0 Å². The Labute approximate surface area is 102 Å². The summed E-state index contributed by atoms with van der Waals surface area (Å²) < 4.78 is 0. The molecule has 0 amide bonds. The van der Waals surface area contributed by atoms with Gasteiger partial charge in [0.05, 0.1) is 10.0 Å². The van der Waals surface area contributed by atoms with Crippen LogP contribution in [-0.2, 0) is 0 Å². The van der Waals surface area contributed by atoms with Crippen LogP contribution in [0.25, 0.3) is 0 Å². The summed E-state index contributed by atoms with van der Waals surface area (Å²) in [6.45, 7) is 6.51. The lowest BCUT2D eigenvalue weighted by Crippen LogP contribution is -2.41. The average molecular weight is 246 g/mol. The zero-order chi connectivity index (χ0) is 11.6. The Morgan fingerprint density at radius 3 is 2.27 bits per heavy atom. The van der Waals surface area contributed by atoms with E-state index >= 15 is 0 Å². The second-order valence-electron chi connectivity index (χ2n) is 4.37. The van der Waals surface area contributed by atoms with E-state index in [9.17, 15) is 0 Å². The van der Waals surface area contributed by atoms with Crippen LogP contribution >= 0.6 is 23.2 Å². The van der Waals surface area contributed by atoms with Crippen LogP contribution in [0, 0.1) is 0 Å². The van der Waals surface area contributed by atoms with E-state index in [1.807, 2.05) is 25.2 Å². The van der Waals surface area contributed by atoms with Crippen LogP contribution in [0.5, 0.6) is 0 Å². The minimum absolute atomic E-state index is 0.0388. The molecule has 1 rings (SSSR count). The number of hydrogen-bond acceptors (Lipinski definition) is 1. The molecule has 0 bridgehead atoms. The van der Waals surface area contributed by atoms with Crippen molar-refractivity contribution in [2.75, 3.05) is 7.05 Å². The molecule has 0 spiro atoms. The van der Waals surface area contributed by atoms with Gasteiger partial charge in [0, 0.05) is 5.54 Å². The lowest BCUT2D eigenvalue weighted by Gasteiger charge is -2.32. The van der Waals surface area contributed by atoms with Crippen LogP contribution in [0.4, 0.5) is 0 Å². The molecule has 1 N–H and O–H groups in total. The minimum Gasteiger partial charge on any atom is -0.314 e. The summed E-state index contributed by atoms with van der Waals surface area (Å²) in [6.07, 6.45) is 0. The van der Waals surface area contributed by atoms with Gasteiger partial charge in [-0.2, -0.15) is 0 Å². The Morgan fingerprint density at radius 2 is 1.80 bits per heavy atom. The van der Waals surface area contributed by atoms with E-state index in [1.165, 1.54) is 5.56 Å². The molecule has 1 unspecified atom stereocenters. The maximum atomic E-state index is 6.00. The third-order valence-corrected chi connectivity index (χ3v) is 3.91. The van der Waals surface area contributed by atoms with Crippen LogP contribution in [0.1, 0.15) is 32.3 Å². The van der Waals surface area contributed by atoms with E-state index in [2.05, 4.69) is 26.1 Å². The number of halogens is 2. The first kappa shape index (κ1) is 12.8. The summed E-state index contributed by atoms with van der Waals surface area (Å²) in [5, 5.41) is 4.52. The van der Waals surface area contributed by atoms with Gasteiger partial charge in [0.1, 0.15) is 0 Å². The lowest BCUT2D eigenvalue weighted by molar-refractivity contribution is 0.360. The minimum atomic E-state index is 0.0388. The summed E-state index contributed by atoms with van der Waals surface area (Å²) in [4.78, 5) is 0. The average Bonchev–Trinajstić information content (AvgIpc) is 2.21. The molecule has 0 saturated heterocycles. The monoisotopic (exact) mass is 245 g/mol. The number of benzene rings is 1. The quantitative estimate of drug-likeness (QED) is 0.846. The van der Waals surface area contributed by atoms with Crippen molar-refractivity contribution in [3.63, 3.8) is 0 Å². The van der Waals surface area contributed by atoms with Crippen molar-refractivity contribution in [2.45, 2.75) is 32.2 Å². The molecule has 0 aliphatic rings. The molecule has 1 nitrogen and oxygen atoms in total. The smallest absolute Gasteiger partial charge is 0.0595 e. The molecule has 0 radical (unpaired) electrons. The predicted molar refractivity (Wildman–Crippen MR) is 68.0 cm³/mol. The van der Waals surface area contributed by atoms with E-state index in [0.717, 1.165) is 0 Å². The van der Waals surface area contributed by atoms with E-state index in [-0.39, 0.29) is 5.54 Å². The molecule has 84 valence electrons. The number of hydrogen-bond donors (Lipinski definition) is 1. The zero-order valence-corrected chi connectivity index (χ0v) is 11.1. The zero-order valence-electron chi connectivity index (χ0n) is 9.57. The first-order valence-corrected chi connectivity index (χ1v) is 5.78. The largest absolute Gasteiger partial charge is 0.314 e. The Kier molecular flexibility index (Phi) is 4.05. The second kappa shape index (κ2) is 4.73. The third-order valence-electron chi connectivity index (χ3n) is 3.17. The van der Waals surface area contributed by atoms with Gasteiger partial charge < -0.3 is 5.32 Å². The van der Waals surface area contributed by atoms with Crippen molar-refractivity contribution in [1.82, 2.24) is 5.32 Å². The molecule has 0 aromatic heterocycles. The Morgan fingerprint density at radius 1 is 1.20 bits per heavy atom. The summed E-state index contributed by atoms with van der Waals surface area (Å²) in [5.74, 6) is 0.372. The molecule has 0 fully saturated rings. The first-order chi connectivity index (χ1) is 6.88. The highest BCUT2D eigenvalue weighted by Crippen LogP contribution is 2.31. The highest BCUT2D eigenvalue weighted by molar-refractivity contribution is 6.42. The highest BCUT2D eigenvalue weighted by Gasteiger charge is 2.25. The topological polar surface area (TPSA) is 12.0 Å². The van der Waals surface area contributed by atoms with Gasteiger partial charge in [-0.25, -0.2) is 0 Å². The Balaban J connectivity index is 3.02. The molecule has 0 aliphatic heterocycles. The fourth-order valence-corrected chi connectivity index (χ4v) is 1.72. The van der Waals surface area contributed by atoms with E-state index < -0.39 is 0 Å². The van der Waals surface area contributed by atoms with Gasteiger partial charge in [-0.05, 0) is 44.5 Å². The summed E-state index contributed by atoms with van der Waals surface area (Å²) >= 11 is 11.9. The molecule has 1 aromatic carbocycles. The normalized spacial score (nSPS) is 14.0. The Bertz CT molecular complexity index is 347. The molecule has 0 aliphatic carbocycles. The van der Waals surface area contributed by atoms with Crippen LogP contribution in [0.15, 0.2) is 18.2 Å². The highest BCUT2D eigenvalue weighted by atomic mass is 35.5. The molecular formula is C12H17Cl2N. The third kappa shape index (κ3) is 2.87. The first-order valence-electron chi connectivity index (χ1n) is 5.02. The summed E-state index contributed by atoms with van der Waals surface area (Å²) in [7, 11) is 1.97. The maximum Gasteiger partial charge on any atom is 0.0595 e. The number of likely N-dealkylation sites (N-methyl/N-ethyl adjacent to an activating group) is 1. The predicted octanol–water partition coefficient (Wildman–Crippen LogP) is 4.09. The van der Waals surface area contributed by atoms with Crippen molar-refractivity contribution in [1.29, 1.82) is 0 Å². The second-order valence-corrected chi connectivity index (χ2v) is 5.18. The number of rotatable bonds is 3. The van der Waals surface area contributed by atoms with E-state index in [1.54, 1.807) is 0 Å². The van der Waals surface area contributed by atoms with Gasteiger partial charge in [-0.1, -0.05) is 36.2 Å². The van der Waals surface area contributed by atoms with Gasteiger partial charge in [0.25, 0.3) is 0 Å². The van der Waals surface area contributed by atoms with E-state index in [0.29, 0.717) is 16.0 Å². The molecule has 1 atom stereocenters. The van der Waals surface area contributed by atoms with Gasteiger partial charge >= 0.3 is 0 Å². The van der Waals surface area contributed by atoms with Crippen molar-refractivity contribution in [3.05, 3.63) is 33.8 Å². The lowest BCUT2D eigenvalue weighted by atomic mass is 9.83. The fourth-order valence-electron chi connectivity index (χ4n) is 1.41. The Hall–Kier alpha value is -0.240. The maximum absolute atomic E-state index is 6.00. The number of nitrogens with one attached hydrogen (secondary N) is 1. The van der Waals surface area contributed by atoms with E-state index in [4.69, 9.17) is 23.2 Å². The van der Waals surface area contributed by atoms with Gasteiger partial charge in [0.2, 0.25) is 0 Å². The molecule has 0 heterocycles. The van der Waals surface area contributed by atoms with Gasteiger partial charge in [-0.15, -0.1) is 0 Å². The summed E-state index contributed by atoms with van der Waals surface area (Å²) in [6, 6.07) is 5.81. The fraction of sp³-hybridized carbons (Fsp3) is 0.500. The summed E-state index contributed by atoms with van der Waals surface area (Å²) in [5.41, 5.74) is 1.24. The SMILES string of the molecule is CNC(C)(C)C(C)c1ccc(Cl)c(Cl)c1. The molecule has 0 saturated carbocycles. The van der Waals surface area contributed by atoms with Crippen LogP contribution in [0.3, 0.4) is 0 Å². The standard InChI is InChI=1S/C12H17Cl2N/c1-8(12(2,3)15-4)9-5-6-10(13)11(14)7-9/h5-8,15H,1-4H3. The van der Waals surface area contributed by atoms with Crippen molar-refractivity contribution >= 4 is 23.2 Å². The van der Waals surface area contributed by atoms with Crippen molar-refractivity contribution in [3.8, 4) is 0 Å². The molecule has 3 heteroatoms. The molecular weight excluding hydrogens is 229 g/mol. The van der Waals surface area contributed by atoms with Crippen LogP contribution in [-0.4, -0.2) is 12.6 Å². The molecule has 15 heavy (non-hydrogen) atoms. The van der Waals surface area contributed by atoms with Gasteiger partial charge in [-0.3, -0.25) is 0 Å². The van der Waals surface area contributed by atoms with Crippen LogP contribution < -0.4 is 5.32 Å². The van der Waals surface area contributed by atoms with Crippen LogP contribution in [0.2, 0.25) is 10.0 Å². The van der Waals surface area contributed by atoms with Crippen molar-refractivity contribution < 1.29 is 0 Å². The molecule has 1 aromatic rings. The van der Waals surface area contributed by atoms with Crippen molar-refractivity contribution in [2.24, 2.45) is 0 Å².